The molecule has 1 fully saturated rings. The molecule has 1 aromatic heterocycles. The summed E-state index contributed by atoms with van der Waals surface area (Å²) in [7, 11) is 0. The number of aromatic amines is 1. The second-order valence-electron chi connectivity index (χ2n) is 6.66. The number of anilines is 1. The van der Waals surface area contributed by atoms with E-state index in [1.165, 1.54) is 5.69 Å². The zero-order valence-corrected chi connectivity index (χ0v) is 15.0. The Labute approximate surface area is 157 Å². The number of para-hydroxylation sites is 2. The Morgan fingerprint density at radius 2 is 1.63 bits per heavy atom. The molecule has 6 heteroatoms. The normalized spacial score (nSPS) is 14.4. The van der Waals surface area contributed by atoms with Gasteiger partial charge in [-0.3, -0.25) is 9.59 Å². The lowest BCUT2D eigenvalue weighted by molar-refractivity contribution is -0.130. The molecule has 0 spiro atoms. The van der Waals surface area contributed by atoms with E-state index in [9.17, 15) is 9.59 Å². The number of benzene rings is 2. The third kappa shape index (κ3) is 3.79. The standard InChI is InChI=1S/C21H22N4O2/c26-20(25-12-10-24(11-13-25)17-7-2-1-3-8-17)15-22-21(27)19-14-16-6-4-5-9-18(16)23-19/h1-9,14,23H,10-13,15H2,(H,22,27). The number of carbonyl (C=O) groups excluding carboxylic acids is 2. The summed E-state index contributed by atoms with van der Waals surface area (Å²) in [6.07, 6.45) is 0. The van der Waals surface area contributed by atoms with Crippen molar-refractivity contribution in [3.05, 3.63) is 66.4 Å². The SMILES string of the molecule is O=C(NCC(=O)N1CCN(c2ccccc2)CC1)c1cc2ccccc2[nH]1. The van der Waals surface area contributed by atoms with E-state index in [2.05, 4.69) is 27.3 Å². The van der Waals surface area contributed by atoms with Gasteiger partial charge in [0.25, 0.3) is 5.91 Å². The number of nitrogens with one attached hydrogen (secondary N) is 2. The molecule has 0 radical (unpaired) electrons. The molecule has 27 heavy (non-hydrogen) atoms. The van der Waals surface area contributed by atoms with E-state index < -0.39 is 0 Å². The number of carbonyl (C=O) groups is 2. The molecule has 4 rings (SSSR count). The van der Waals surface area contributed by atoms with Crippen molar-refractivity contribution in [3.63, 3.8) is 0 Å². The van der Waals surface area contributed by atoms with E-state index >= 15 is 0 Å². The minimum atomic E-state index is -0.262. The van der Waals surface area contributed by atoms with Crippen molar-refractivity contribution in [2.24, 2.45) is 0 Å². The van der Waals surface area contributed by atoms with Gasteiger partial charge in [-0.25, -0.2) is 0 Å². The van der Waals surface area contributed by atoms with Crippen LogP contribution in [0.4, 0.5) is 5.69 Å². The fourth-order valence-corrected chi connectivity index (χ4v) is 3.41. The highest BCUT2D eigenvalue weighted by Crippen LogP contribution is 2.16. The van der Waals surface area contributed by atoms with E-state index in [1.54, 1.807) is 6.07 Å². The Morgan fingerprint density at radius 3 is 2.37 bits per heavy atom. The molecular formula is C21H22N4O2. The van der Waals surface area contributed by atoms with Crippen LogP contribution in [0, 0.1) is 0 Å². The van der Waals surface area contributed by atoms with Crippen LogP contribution in [0.3, 0.4) is 0 Å². The molecule has 2 N–H and O–H groups in total. The molecule has 138 valence electrons. The summed E-state index contributed by atoms with van der Waals surface area (Å²) in [6, 6.07) is 19.7. The van der Waals surface area contributed by atoms with Crippen molar-refractivity contribution in [3.8, 4) is 0 Å². The minimum Gasteiger partial charge on any atom is -0.368 e. The number of hydrogen-bond acceptors (Lipinski definition) is 3. The fourth-order valence-electron chi connectivity index (χ4n) is 3.41. The van der Waals surface area contributed by atoms with Crippen LogP contribution in [0.15, 0.2) is 60.7 Å². The molecule has 2 amide bonds. The first-order chi connectivity index (χ1) is 13.2. The number of hydrogen-bond donors (Lipinski definition) is 2. The van der Waals surface area contributed by atoms with Crippen molar-refractivity contribution in [2.75, 3.05) is 37.6 Å². The largest absolute Gasteiger partial charge is 0.368 e. The number of nitrogens with zero attached hydrogens (tertiary/aromatic N) is 2. The molecule has 0 bridgehead atoms. The first-order valence-electron chi connectivity index (χ1n) is 9.14. The Balaban J connectivity index is 1.29. The predicted molar refractivity (Wildman–Crippen MR) is 106 cm³/mol. The molecule has 0 saturated carbocycles. The van der Waals surface area contributed by atoms with Crippen molar-refractivity contribution < 1.29 is 9.59 Å². The third-order valence-corrected chi connectivity index (χ3v) is 4.93. The average molecular weight is 362 g/mol. The predicted octanol–water partition coefficient (Wildman–Crippen LogP) is 2.25. The van der Waals surface area contributed by atoms with E-state index in [1.807, 2.05) is 47.4 Å². The molecule has 0 unspecified atom stereocenters. The summed E-state index contributed by atoms with van der Waals surface area (Å²) in [5, 5.41) is 3.70. The zero-order valence-electron chi connectivity index (χ0n) is 15.0. The highest BCUT2D eigenvalue weighted by molar-refractivity contribution is 5.99. The third-order valence-electron chi connectivity index (χ3n) is 4.93. The summed E-state index contributed by atoms with van der Waals surface area (Å²) in [5.74, 6) is -0.311. The topological polar surface area (TPSA) is 68.4 Å². The average Bonchev–Trinajstić information content (AvgIpc) is 3.17. The molecule has 2 aromatic carbocycles. The van der Waals surface area contributed by atoms with Gasteiger partial charge in [0.15, 0.2) is 0 Å². The van der Waals surface area contributed by atoms with Gasteiger partial charge in [0.1, 0.15) is 5.69 Å². The van der Waals surface area contributed by atoms with Crippen molar-refractivity contribution >= 4 is 28.4 Å². The monoisotopic (exact) mass is 362 g/mol. The van der Waals surface area contributed by atoms with Gasteiger partial charge in [-0.05, 0) is 24.3 Å². The van der Waals surface area contributed by atoms with Crippen molar-refractivity contribution in [2.45, 2.75) is 0 Å². The van der Waals surface area contributed by atoms with Crippen molar-refractivity contribution in [1.29, 1.82) is 0 Å². The fraction of sp³-hybridized carbons (Fsp3) is 0.238. The molecular weight excluding hydrogens is 340 g/mol. The smallest absolute Gasteiger partial charge is 0.268 e. The Morgan fingerprint density at radius 1 is 0.926 bits per heavy atom. The molecule has 1 aliphatic rings. The van der Waals surface area contributed by atoms with Gasteiger partial charge in [-0.2, -0.15) is 0 Å². The lowest BCUT2D eigenvalue weighted by Crippen LogP contribution is -2.51. The Kier molecular flexibility index (Phi) is 4.78. The number of H-pyrrole nitrogens is 1. The maximum absolute atomic E-state index is 12.4. The van der Waals surface area contributed by atoms with Crippen molar-refractivity contribution in [1.82, 2.24) is 15.2 Å². The van der Waals surface area contributed by atoms with E-state index in [-0.39, 0.29) is 18.4 Å². The molecule has 3 aromatic rings. The summed E-state index contributed by atoms with van der Waals surface area (Å²) < 4.78 is 0. The quantitative estimate of drug-likeness (QED) is 0.748. The van der Waals surface area contributed by atoms with Gasteiger partial charge in [0, 0.05) is 42.8 Å². The molecule has 1 aliphatic heterocycles. The van der Waals surface area contributed by atoms with Gasteiger partial charge >= 0.3 is 0 Å². The number of piperazine rings is 1. The minimum absolute atomic E-state index is 0.0134. The lowest BCUT2D eigenvalue weighted by Gasteiger charge is -2.36. The Hall–Kier alpha value is -3.28. The summed E-state index contributed by atoms with van der Waals surface area (Å²) in [6.45, 7) is 2.93. The zero-order chi connectivity index (χ0) is 18.6. The van der Waals surface area contributed by atoms with Crippen LogP contribution in [0.1, 0.15) is 10.5 Å². The number of aromatic nitrogens is 1. The first kappa shape index (κ1) is 17.1. The van der Waals surface area contributed by atoms with Crippen LogP contribution < -0.4 is 10.2 Å². The van der Waals surface area contributed by atoms with E-state index in [4.69, 9.17) is 0 Å². The maximum Gasteiger partial charge on any atom is 0.268 e. The number of rotatable bonds is 4. The van der Waals surface area contributed by atoms with Gasteiger partial charge in [0.05, 0.1) is 6.54 Å². The highest BCUT2D eigenvalue weighted by Gasteiger charge is 2.21. The van der Waals surface area contributed by atoms with Crippen LogP contribution in [-0.4, -0.2) is 54.4 Å². The Bertz CT molecular complexity index is 910. The summed E-state index contributed by atoms with van der Waals surface area (Å²) in [4.78, 5) is 31.9. The molecule has 6 nitrogen and oxygen atoms in total. The summed E-state index contributed by atoms with van der Waals surface area (Å²) in [5.41, 5.74) is 2.56. The van der Waals surface area contributed by atoms with E-state index in [0.717, 1.165) is 24.0 Å². The van der Waals surface area contributed by atoms with Crippen LogP contribution in [-0.2, 0) is 4.79 Å². The lowest BCUT2D eigenvalue weighted by atomic mass is 10.2. The number of amides is 2. The highest BCUT2D eigenvalue weighted by atomic mass is 16.2. The number of fused-ring (bicyclic) bond motifs is 1. The van der Waals surface area contributed by atoms with E-state index in [0.29, 0.717) is 18.8 Å². The van der Waals surface area contributed by atoms with Gasteiger partial charge in [-0.1, -0.05) is 36.4 Å². The van der Waals surface area contributed by atoms with Crippen LogP contribution >= 0.6 is 0 Å². The molecule has 0 atom stereocenters. The maximum atomic E-state index is 12.4. The second-order valence-corrected chi connectivity index (χ2v) is 6.66. The van der Waals surface area contributed by atoms with Crippen LogP contribution in [0.2, 0.25) is 0 Å². The van der Waals surface area contributed by atoms with Crippen LogP contribution in [0.25, 0.3) is 10.9 Å². The second kappa shape index (κ2) is 7.53. The first-order valence-corrected chi connectivity index (χ1v) is 9.14. The molecule has 2 heterocycles. The van der Waals surface area contributed by atoms with Crippen LogP contribution in [0.5, 0.6) is 0 Å². The van der Waals surface area contributed by atoms with Gasteiger partial charge in [0.2, 0.25) is 5.91 Å². The summed E-state index contributed by atoms with van der Waals surface area (Å²) >= 11 is 0. The van der Waals surface area contributed by atoms with Gasteiger partial charge in [-0.15, -0.1) is 0 Å². The molecule has 1 saturated heterocycles. The van der Waals surface area contributed by atoms with Gasteiger partial charge < -0.3 is 20.1 Å². The molecule has 0 aliphatic carbocycles.